The topological polar surface area (TPSA) is 86.6 Å². The Morgan fingerprint density at radius 3 is 1.94 bits per heavy atom. The molecule has 0 amide bonds. The maximum absolute atomic E-state index is 10.6. The Balaban J connectivity index is 0.000000360. The molecule has 1 aliphatic rings. The molecule has 0 radical (unpaired) electrons. The van der Waals surface area contributed by atoms with E-state index in [2.05, 4.69) is 19.2 Å². The number of halogens is 3. The van der Waals surface area contributed by atoms with Gasteiger partial charge >= 0.3 is 18.1 Å². The van der Waals surface area contributed by atoms with Crippen molar-refractivity contribution >= 4 is 11.9 Å². The lowest BCUT2D eigenvalue weighted by Crippen LogP contribution is -2.47. The van der Waals surface area contributed by atoms with E-state index < -0.39 is 18.1 Å². The van der Waals surface area contributed by atoms with Gasteiger partial charge in [0.2, 0.25) is 0 Å². The van der Waals surface area contributed by atoms with Crippen molar-refractivity contribution in [3.8, 4) is 0 Å². The zero-order valence-electron chi connectivity index (χ0n) is 10.0. The Labute approximate surface area is 102 Å². The molecule has 1 atom stereocenters. The lowest BCUT2D eigenvalue weighted by Gasteiger charge is -2.33. The van der Waals surface area contributed by atoms with E-state index in [4.69, 9.17) is 15.0 Å². The minimum atomic E-state index is -5.08. The molecular formula is C10H16F3NO4. The maximum atomic E-state index is 10.6. The Morgan fingerprint density at radius 2 is 1.72 bits per heavy atom. The first-order chi connectivity index (χ1) is 7.96. The molecule has 18 heavy (non-hydrogen) atoms. The summed E-state index contributed by atoms with van der Waals surface area (Å²) in [5.41, 5.74) is 0.270. The van der Waals surface area contributed by atoms with Gasteiger partial charge in [0.25, 0.3) is 0 Å². The Bertz CT molecular complexity index is 305. The molecule has 5 nitrogen and oxygen atoms in total. The van der Waals surface area contributed by atoms with E-state index in [9.17, 15) is 18.0 Å². The summed E-state index contributed by atoms with van der Waals surface area (Å²) >= 11 is 0. The van der Waals surface area contributed by atoms with Gasteiger partial charge in [-0.3, -0.25) is 4.79 Å². The van der Waals surface area contributed by atoms with Gasteiger partial charge in [-0.1, -0.05) is 13.8 Å². The molecular weight excluding hydrogens is 255 g/mol. The van der Waals surface area contributed by atoms with Gasteiger partial charge in [-0.25, -0.2) is 4.79 Å². The SMILES string of the molecule is CC1(C)CCC(C(=O)O)NC1.O=C(O)C(F)(F)F. The standard InChI is InChI=1S/C8H15NO2.C2HF3O2/c1-8(2)4-3-6(7(10)11)9-5-8;3-2(4,5)1(6)7/h6,9H,3-5H2,1-2H3,(H,10,11);(H,6,7). The fourth-order valence-corrected chi connectivity index (χ4v) is 1.34. The van der Waals surface area contributed by atoms with Gasteiger partial charge in [-0.05, 0) is 18.3 Å². The molecule has 8 heteroatoms. The van der Waals surface area contributed by atoms with Gasteiger partial charge < -0.3 is 15.5 Å². The normalized spacial score (nSPS) is 22.6. The van der Waals surface area contributed by atoms with Gasteiger partial charge in [-0.2, -0.15) is 13.2 Å². The van der Waals surface area contributed by atoms with Crippen molar-refractivity contribution in [2.45, 2.75) is 38.9 Å². The van der Waals surface area contributed by atoms with E-state index in [0.717, 1.165) is 19.4 Å². The van der Waals surface area contributed by atoms with Crippen molar-refractivity contribution < 1.29 is 33.0 Å². The predicted molar refractivity (Wildman–Crippen MR) is 56.1 cm³/mol. The summed E-state index contributed by atoms with van der Waals surface area (Å²) in [6, 6.07) is -0.317. The van der Waals surface area contributed by atoms with Crippen LogP contribution >= 0.6 is 0 Å². The van der Waals surface area contributed by atoms with Crippen LogP contribution in [-0.4, -0.2) is 40.9 Å². The highest BCUT2D eigenvalue weighted by Crippen LogP contribution is 2.26. The summed E-state index contributed by atoms with van der Waals surface area (Å²) < 4.78 is 31.7. The van der Waals surface area contributed by atoms with Gasteiger partial charge in [0.05, 0.1) is 0 Å². The molecule has 3 N–H and O–H groups in total. The summed E-state index contributed by atoms with van der Waals surface area (Å²) in [6.07, 6.45) is -3.33. The van der Waals surface area contributed by atoms with Crippen molar-refractivity contribution in [1.82, 2.24) is 5.32 Å². The van der Waals surface area contributed by atoms with Crippen molar-refractivity contribution in [3.05, 3.63) is 0 Å². The number of carboxylic acids is 2. The predicted octanol–water partition coefficient (Wildman–Crippen LogP) is 1.48. The summed E-state index contributed by atoms with van der Waals surface area (Å²) in [5, 5.41) is 18.8. The van der Waals surface area contributed by atoms with E-state index >= 15 is 0 Å². The molecule has 0 spiro atoms. The molecule has 1 aliphatic heterocycles. The van der Waals surface area contributed by atoms with E-state index in [-0.39, 0.29) is 11.5 Å². The quantitative estimate of drug-likeness (QED) is 0.672. The van der Waals surface area contributed by atoms with Crippen LogP contribution in [0.5, 0.6) is 0 Å². The molecule has 1 unspecified atom stereocenters. The highest BCUT2D eigenvalue weighted by molar-refractivity contribution is 5.73. The summed E-state index contributed by atoms with van der Waals surface area (Å²) in [5.74, 6) is -3.48. The first kappa shape index (κ1) is 16.7. The average Bonchev–Trinajstić information content (AvgIpc) is 2.16. The molecule has 0 saturated carbocycles. The number of rotatable bonds is 1. The monoisotopic (exact) mass is 271 g/mol. The molecule has 0 aromatic rings. The molecule has 0 aromatic carbocycles. The molecule has 0 aromatic heterocycles. The smallest absolute Gasteiger partial charge is 0.480 e. The maximum Gasteiger partial charge on any atom is 0.490 e. The fourth-order valence-electron chi connectivity index (χ4n) is 1.34. The summed E-state index contributed by atoms with van der Waals surface area (Å²) in [6.45, 7) is 5.11. The molecule has 1 heterocycles. The number of hydrogen-bond acceptors (Lipinski definition) is 3. The molecule has 106 valence electrons. The average molecular weight is 271 g/mol. The zero-order valence-corrected chi connectivity index (χ0v) is 10.0. The van der Waals surface area contributed by atoms with Gasteiger partial charge in [0.1, 0.15) is 6.04 Å². The number of piperidine rings is 1. The third kappa shape index (κ3) is 6.43. The van der Waals surface area contributed by atoms with Gasteiger partial charge in [-0.15, -0.1) is 0 Å². The van der Waals surface area contributed by atoms with Crippen molar-refractivity contribution in [1.29, 1.82) is 0 Å². The van der Waals surface area contributed by atoms with E-state index in [0.29, 0.717) is 0 Å². The Kier molecular flexibility index (Phi) is 5.59. The number of nitrogens with one attached hydrogen (secondary N) is 1. The van der Waals surface area contributed by atoms with Crippen LogP contribution in [0.15, 0.2) is 0 Å². The fraction of sp³-hybridized carbons (Fsp3) is 0.800. The molecule has 0 aliphatic carbocycles. The van der Waals surface area contributed by atoms with E-state index in [1.165, 1.54) is 0 Å². The van der Waals surface area contributed by atoms with Gasteiger partial charge in [0.15, 0.2) is 0 Å². The number of carbonyl (C=O) groups is 2. The first-order valence-electron chi connectivity index (χ1n) is 5.22. The minimum absolute atomic E-state index is 0.270. The lowest BCUT2D eigenvalue weighted by molar-refractivity contribution is -0.192. The van der Waals surface area contributed by atoms with Crippen LogP contribution in [-0.2, 0) is 9.59 Å². The highest BCUT2D eigenvalue weighted by atomic mass is 19.4. The van der Waals surface area contributed by atoms with Crippen molar-refractivity contribution in [3.63, 3.8) is 0 Å². The Morgan fingerprint density at radius 1 is 1.28 bits per heavy atom. The van der Waals surface area contributed by atoms with Crippen molar-refractivity contribution in [2.24, 2.45) is 5.41 Å². The van der Waals surface area contributed by atoms with Crippen LogP contribution in [0.1, 0.15) is 26.7 Å². The number of carboxylic acid groups (broad SMARTS) is 2. The van der Waals surface area contributed by atoms with E-state index in [1.807, 2.05) is 0 Å². The Hall–Kier alpha value is -1.31. The number of alkyl halides is 3. The second-order valence-electron chi connectivity index (χ2n) is 4.78. The second kappa shape index (κ2) is 6.03. The van der Waals surface area contributed by atoms with Gasteiger partial charge in [0, 0.05) is 6.54 Å². The van der Waals surface area contributed by atoms with Crippen LogP contribution in [0.3, 0.4) is 0 Å². The van der Waals surface area contributed by atoms with Crippen LogP contribution < -0.4 is 5.32 Å². The molecule has 0 bridgehead atoms. The van der Waals surface area contributed by atoms with Crippen LogP contribution in [0.2, 0.25) is 0 Å². The van der Waals surface area contributed by atoms with E-state index in [1.54, 1.807) is 0 Å². The molecule has 1 saturated heterocycles. The molecule has 1 fully saturated rings. The lowest BCUT2D eigenvalue weighted by atomic mass is 9.83. The largest absolute Gasteiger partial charge is 0.490 e. The zero-order chi connectivity index (χ0) is 14.6. The third-order valence-corrected chi connectivity index (χ3v) is 2.48. The van der Waals surface area contributed by atoms with Crippen LogP contribution in [0.4, 0.5) is 13.2 Å². The summed E-state index contributed by atoms with van der Waals surface area (Å²) in [4.78, 5) is 19.4. The third-order valence-electron chi connectivity index (χ3n) is 2.48. The van der Waals surface area contributed by atoms with Crippen LogP contribution in [0, 0.1) is 5.41 Å². The summed E-state index contributed by atoms with van der Waals surface area (Å²) in [7, 11) is 0. The minimum Gasteiger partial charge on any atom is -0.480 e. The number of hydrogen-bond donors (Lipinski definition) is 3. The number of aliphatic carboxylic acids is 2. The van der Waals surface area contributed by atoms with Crippen molar-refractivity contribution in [2.75, 3.05) is 6.54 Å². The second-order valence-corrected chi connectivity index (χ2v) is 4.78. The van der Waals surface area contributed by atoms with Crippen LogP contribution in [0.25, 0.3) is 0 Å². The first-order valence-corrected chi connectivity index (χ1v) is 5.22. The highest BCUT2D eigenvalue weighted by Gasteiger charge is 2.38. The molecule has 1 rings (SSSR count).